The van der Waals surface area contributed by atoms with Crippen LogP contribution in [0.1, 0.15) is 5.56 Å². The number of nitrogens with zero attached hydrogens (tertiary/aromatic N) is 1. The predicted octanol–water partition coefficient (Wildman–Crippen LogP) is 2.33. The van der Waals surface area contributed by atoms with Crippen LogP contribution in [0.25, 0.3) is 0 Å². The highest BCUT2D eigenvalue weighted by Crippen LogP contribution is 2.26. The molecular formula is C14H11NO4S. The first kappa shape index (κ1) is 13.9. The van der Waals surface area contributed by atoms with E-state index in [0.29, 0.717) is 5.56 Å². The SMILES string of the molecule is COc1ccccc1S(=O)(=O)Oc1ccc(C#N)cc1. The third-order valence-corrected chi connectivity index (χ3v) is 3.82. The molecule has 0 aromatic heterocycles. The molecule has 0 unspecified atom stereocenters. The summed E-state index contributed by atoms with van der Waals surface area (Å²) in [5.74, 6) is 0.344. The lowest BCUT2D eigenvalue weighted by molar-refractivity contribution is 0.398. The van der Waals surface area contributed by atoms with Crippen LogP contribution in [0.3, 0.4) is 0 Å². The van der Waals surface area contributed by atoms with Gasteiger partial charge in [-0.1, -0.05) is 12.1 Å². The van der Waals surface area contributed by atoms with Gasteiger partial charge in [0.15, 0.2) is 0 Å². The molecule has 0 aliphatic rings. The molecule has 0 spiro atoms. The Morgan fingerprint density at radius 2 is 1.70 bits per heavy atom. The minimum atomic E-state index is -3.98. The normalized spacial score (nSPS) is 10.6. The summed E-state index contributed by atoms with van der Waals surface area (Å²) < 4.78 is 34.4. The molecule has 0 saturated heterocycles. The summed E-state index contributed by atoms with van der Waals surface area (Å²) in [7, 11) is -2.60. The Hall–Kier alpha value is -2.52. The van der Waals surface area contributed by atoms with E-state index in [1.165, 1.54) is 43.5 Å². The molecule has 0 amide bonds. The standard InChI is InChI=1S/C14H11NO4S/c1-18-13-4-2-3-5-14(13)20(16,17)19-12-8-6-11(10-15)7-9-12/h2-9H,1H3. The lowest BCUT2D eigenvalue weighted by atomic mass is 10.2. The largest absolute Gasteiger partial charge is 0.495 e. The van der Waals surface area contributed by atoms with Crippen LogP contribution in [-0.4, -0.2) is 15.5 Å². The summed E-state index contributed by atoms with van der Waals surface area (Å²) in [6.07, 6.45) is 0. The summed E-state index contributed by atoms with van der Waals surface area (Å²) in [5, 5.41) is 8.68. The number of para-hydroxylation sites is 1. The second-order valence-electron chi connectivity index (χ2n) is 3.82. The van der Waals surface area contributed by atoms with Gasteiger partial charge < -0.3 is 8.92 Å². The number of nitriles is 1. The highest BCUT2D eigenvalue weighted by atomic mass is 32.2. The Bertz CT molecular complexity index is 745. The van der Waals surface area contributed by atoms with E-state index in [0.717, 1.165) is 0 Å². The van der Waals surface area contributed by atoms with E-state index < -0.39 is 10.1 Å². The number of hydrogen-bond donors (Lipinski definition) is 0. The van der Waals surface area contributed by atoms with Gasteiger partial charge in [-0.25, -0.2) is 0 Å². The van der Waals surface area contributed by atoms with Crippen LogP contribution in [0.4, 0.5) is 0 Å². The minimum Gasteiger partial charge on any atom is -0.495 e. The molecule has 102 valence electrons. The molecule has 0 radical (unpaired) electrons. The van der Waals surface area contributed by atoms with Crippen molar-refractivity contribution < 1.29 is 17.3 Å². The quantitative estimate of drug-likeness (QED) is 0.807. The third-order valence-electron chi connectivity index (χ3n) is 2.53. The van der Waals surface area contributed by atoms with Crippen LogP contribution in [0.2, 0.25) is 0 Å². The smallest absolute Gasteiger partial charge is 0.342 e. The molecule has 0 atom stereocenters. The Balaban J connectivity index is 2.33. The van der Waals surface area contributed by atoms with Gasteiger partial charge in [0.2, 0.25) is 0 Å². The first-order valence-corrected chi connectivity index (χ1v) is 7.05. The van der Waals surface area contributed by atoms with Crippen molar-refractivity contribution in [2.45, 2.75) is 4.90 Å². The summed E-state index contributed by atoms with van der Waals surface area (Å²) in [5.41, 5.74) is 0.423. The van der Waals surface area contributed by atoms with E-state index in [4.69, 9.17) is 14.2 Å². The van der Waals surface area contributed by atoms with E-state index in [-0.39, 0.29) is 16.4 Å². The molecule has 2 aromatic rings. The Labute approximate surface area is 117 Å². The zero-order chi connectivity index (χ0) is 14.6. The molecule has 0 saturated carbocycles. The van der Waals surface area contributed by atoms with Gasteiger partial charge in [-0.2, -0.15) is 13.7 Å². The summed E-state index contributed by atoms with van der Waals surface area (Å²) in [6, 6.07) is 13.9. The van der Waals surface area contributed by atoms with Crippen molar-refractivity contribution in [1.29, 1.82) is 5.26 Å². The van der Waals surface area contributed by atoms with Crippen LogP contribution in [0, 0.1) is 11.3 Å². The number of ether oxygens (including phenoxy) is 1. The van der Waals surface area contributed by atoms with Crippen molar-refractivity contribution in [3.8, 4) is 17.6 Å². The minimum absolute atomic E-state index is 0.0492. The topological polar surface area (TPSA) is 76.4 Å². The molecule has 2 aromatic carbocycles. The lowest BCUT2D eigenvalue weighted by Gasteiger charge is -2.10. The maximum absolute atomic E-state index is 12.2. The Morgan fingerprint density at radius 3 is 2.30 bits per heavy atom. The van der Waals surface area contributed by atoms with Gasteiger partial charge in [-0.15, -0.1) is 0 Å². The van der Waals surface area contributed by atoms with Crippen molar-refractivity contribution in [1.82, 2.24) is 0 Å². The zero-order valence-electron chi connectivity index (χ0n) is 10.6. The van der Waals surface area contributed by atoms with Gasteiger partial charge in [0.1, 0.15) is 16.4 Å². The fourth-order valence-electron chi connectivity index (χ4n) is 1.58. The van der Waals surface area contributed by atoms with E-state index >= 15 is 0 Å². The van der Waals surface area contributed by atoms with Gasteiger partial charge in [-0.3, -0.25) is 0 Å². The molecule has 0 aliphatic heterocycles. The summed E-state index contributed by atoms with van der Waals surface area (Å²) in [4.78, 5) is -0.0492. The molecule has 2 rings (SSSR count). The van der Waals surface area contributed by atoms with Crippen LogP contribution < -0.4 is 8.92 Å². The monoisotopic (exact) mass is 289 g/mol. The molecule has 20 heavy (non-hydrogen) atoms. The second kappa shape index (κ2) is 5.63. The number of benzene rings is 2. The first-order chi connectivity index (χ1) is 9.56. The van der Waals surface area contributed by atoms with E-state index in [2.05, 4.69) is 0 Å². The van der Waals surface area contributed by atoms with E-state index in [1.54, 1.807) is 12.1 Å². The van der Waals surface area contributed by atoms with Crippen LogP contribution in [-0.2, 0) is 10.1 Å². The average molecular weight is 289 g/mol. The van der Waals surface area contributed by atoms with Gasteiger partial charge in [0, 0.05) is 0 Å². The lowest BCUT2D eigenvalue weighted by Crippen LogP contribution is -2.11. The van der Waals surface area contributed by atoms with E-state index in [9.17, 15) is 8.42 Å². The van der Waals surface area contributed by atoms with Crippen LogP contribution in [0.5, 0.6) is 11.5 Å². The maximum Gasteiger partial charge on any atom is 0.342 e. The first-order valence-electron chi connectivity index (χ1n) is 5.64. The second-order valence-corrected chi connectivity index (χ2v) is 5.34. The molecule has 6 heteroatoms. The Morgan fingerprint density at radius 1 is 1.05 bits per heavy atom. The van der Waals surface area contributed by atoms with Crippen molar-refractivity contribution in [2.75, 3.05) is 7.11 Å². The summed E-state index contributed by atoms with van der Waals surface area (Å²) in [6.45, 7) is 0. The predicted molar refractivity (Wildman–Crippen MR) is 72.0 cm³/mol. The molecule has 0 fully saturated rings. The van der Waals surface area contributed by atoms with Crippen LogP contribution >= 0.6 is 0 Å². The summed E-state index contributed by atoms with van der Waals surface area (Å²) >= 11 is 0. The zero-order valence-corrected chi connectivity index (χ0v) is 11.4. The van der Waals surface area contributed by atoms with Crippen molar-refractivity contribution in [3.63, 3.8) is 0 Å². The fourth-order valence-corrected chi connectivity index (χ4v) is 2.68. The van der Waals surface area contributed by atoms with Gasteiger partial charge in [-0.05, 0) is 36.4 Å². The number of rotatable bonds is 4. The molecule has 0 bridgehead atoms. The van der Waals surface area contributed by atoms with E-state index in [1.807, 2.05) is 6.07 Å². The average Bonchev–Trinajstić information content (AvgIpc) is 2.47. The highest BCUT2D eigenvalue weighted by Gasteiger charge is 2.21. The fraction of sp³-hybridized carbons (Fsp3) is 0.0714. The molecule has 0 heterocycles. The molecule has 0 aliphatic carbocycles. The maximum atomic E-state index is 12.2. The van der Waals surface area contributed by atoms with Gasteiger partial charge in [0.25, 0.3) is 0 Å². The van der Waals surface area contributed by atoms with Crippen molar-refractivity contribution in [2.24, 2.45) is 0 Å². The number of hydrogen-bond acceptors (Lipinski definition) is 5. The number of methoxy groups -OCH3 is 1. The Kier molecular flexibility index (Phi) is 3.91. The van der Waals surface area contributed by atoms with Gasteiger partial charge in [0.05, 0.1) is 18.7 Å². The highest BCUT2D eigenvalue weighted by molar-refractivity contribution is 7.87. The van der Waals surface area contributed by atoms with Crippen LogP contribution in [0.15, 0.2) is 53.4 Å². The van der Waals surface area contributed by atoms with Crippen molar-refractivity contribution in [3.05, 3.63) is 54.1 Å². The van der Waals surface area contributed by atoms with Gasteiger partial charge >= 0.3 is 10.1 Å². The molecular weight excluding hydrogens is 278 g/mol. The third kappa shape index (κ3) is 2.90. The molecule has 0 N–H and O–H groups in total. The molecule has 5 nitrogen and oxygen atoms in total. The van der Waals surface area contributed by atoms with Crippen molar-refractivity contribution >= 4 is 10.1 Å².